The zero-order valence-electron chi connectivity index (χ0n) is 16.7. The van der Waals surface area contributed by atoms with Gasteiger partial charge < -0.3 is 14.2 Å². The van der Waals surface area contributed by atoms with Gasteiger partial charge in [-0.05, 0) is 49.2 Å². The van der Waals surface area contributed by atoms with Crippen LogP contribution < -0.4 is 10.9 Å². The number of rotatable bonds is 3. The fourth-order valence-electron chi connectivity index (χ4n) is 3.89. The highest BCUT2D eigenvalue weighted by Gasteiger charge is 2.51. The van der Waals surface area contributed by atoms with E-state index < -0.39 is 23.1 Å². The Morgan fingerprint density at radius 2 is 1.81 bits per heavy atom. The number of hydrogen-bond acceptors (Lipinski definition) is 5. The minimum Gasteiger partial charge on any atom is -0.458 e. The summed E-state index contributed by atoms with van der Waals surface area (Å²) < 4.78 is 11.1. The summed E-state index contributed by atoms with van der Waals surface area (Å²) in [5.41, 5.74) is 0.246. The summed E-state index contributed by atoms with van der Waals surface area (Å²) in [6.07, 6.45) is 0. The predicted octanol–water partition coefficient (Wildman–Crippen LogP) is 4.47. The number of amides is 3. The monoisotopic (exact) mass is 436 g/mol. The Morgan fingerprint density at radius 3 is 2.58 bits per heavy atom. The number of para-hydroxylation sites is 1. The summed E-state index contributed by atoms with van der Waals surface area (Å²) in [6, 6.07) is 13.1. The number of carbonyl (C=O) groups excluding carboxylic acids is 2. The van der Waals surface area contributed by atoms with E-state index >= 15 is 0 Å². The summed E-state index contributed by atoms with van der Waals surface area (Å²) in [6.45, 7) is 3.29. The highest BCUT2D eigenvalue weighted by Crippen LogP contribution is 2.34. The molecule has 5 rings (SSSR count). The molecule has 1 aliphatic rings. The zero-order chi connectivity index (χ0) is 21.9. The molecule has 2 aromatic heterocycles. The number of urea groups is 1. The average molecular weight is 437 g/mol. The van der Waals surface area contributed by atoms with E-state index in [0.717, 1.165) is 15.8 Å². The molecular weight excluding hydrogens is 420 g/mol. The maximum atomic E-state index is 13.3. The number of hydrogen-bond donors (Lipinski definition) is 1. The highest BCUT2D eigenvalue weighted by molar-refractivity contribution is 6.32. The number of aryl methyl sites for hydroxylation is 1. The van der Waals surface area contributed by atoms with Crippen molar-refractivity contribution in [3.8, 4) is 0 Å². The van der Waals surface area contributed by atoms with Crippen molar-refractivity contribution in [2.75, 3.05) is 0 Å². The fourth-order valence-corrected chi connectivity index (χ4v) is 4.05. The van der Waals surface area contributed by atoms with E-state index in [1.165, 1.54) is 6.07 Å². The van der Waals surface area contributed by atoms with Gasteiger partial charge in [0.25, 0.3) is 5.91 Å². The summed E-state index contributed by atoms with van der Waals surface area (Å²) in [4.78, 5) is 39.2. The number of imide groups is 1. The van der Waals surface area contributed by atoms with Crippen molar-refractivity contribution in [1.82, 2.24) is 10.2 Å². The first-order chi connectivity index (χ1) is 14.8. The first kappa shape index (κ1) is 19.4. The van der Waals surface area contributed by atoms with Crippen LogP contribution in [0, 0.1) is 6.92 Å². The molecule has 7 nitrogen and oxygen atoms in total. The molecule has 1 fully saturated rings. The summed E-state index contributed by atoms with van der Waals surface area (Å²) in [5.74, 6) is -0.137. The summed E-state index contributed by atoms with van der Waals surface area (Å²) >= 11 is 6.25. The van der Waals surface area contributed by atoms with Crippen molar-refractivity contribution in [1.29, 1.82) is 0 Å². The number of nitrogens with one attached hydrogen (secondary N) is 1. The van der Waals surface area contributed by atoms with Crippen LogP contribution in [0.5, 0.6) is 0 Å². The Labute approximate surface area is 181 Å². The average Bonchev–Trinajstić information content (AvgIpc) is 3.25. The van der Waals surface area contributed by atoms with Crippen LogP contribution in [0.1, 0.15) is 23.8 Å². The van der Waals surface area contributed by atoms with E-state index in [9.17, 15) is 14.4 Å². The number of fused-ring (bicyclic) bond motifs is 2. The smallest absolute Gasteiger partial charge is 0.336 e. The molecule has 2 aromatic carbocycles. The molecule has 0 radical (unpaired) electrons. The molecule has 1 N–H and O–H groups in total. The third-order valence-corrected chi connectivity index (χ3v) is 6.04. The normalized spacial score (nSPS) is 18.9. The lowest BCUT2D eigenvalue weighted by Gasteiger charge is -2.19. The zero-order valence-corrected chi connectivity index (χ0v) is 17.4. The molecular formula is C23H17ClN2O5. The van der Waals surface area contributed by atoms with Gasteiger partial charge in [0.05, 0.1) is 6.54 Å². The Bertz CT molecular complexity index is 1420. The van der Waals surface area contributed by atoms with E-state index in [1.54, 1.807) is 38.1 Å². The van der Waals surface area contributed by atoms with E-state index in [0.29, 0.717) is 32.9 Å². The number of benzene rings is 2. The molecule has 31 heavy (non-hydrogen) atoms. The second-order valence-electron chi connectivity index (χ2n) is 7.78. The third-order valence-electron chi connectivity index (χ3n) is 5.63. The summed E-state index contributed by atoms with van der Waals surface area (Å²) in [7, 11) is 0. The predicted molar refractivity (Wildman–Crippen MR) is 115 cm³/mol. The molecule has 0 aliphatic carbocycles. The molecule has 8 heteroatoms. The maximum Gasteiger partial charge on any atom is 0.336 e. The van der Waals surface area contributed by atoms with Crippen LogP contribution in [0.3, 0.4) is 0 Å². The van der Waals surface area contributed by atoms with Gasteiger partial charge in [-0.3, -0.25) is 9.69 Å². The van der Waals surface area contributed by atoms with Crippen LogP contribution in [0.15, 0.2) is 62.2 Å². The third kappa shape index (κ3) is 3.00. The lowest BCUT2D eigenvalue weighted by Crippen LogP contribution is -2.40. The quantitative estimate of drug-likeness (QED) is 0.378. The second kappa shape index (κ2) is 6.72. The van der Waals surface area contributed by atoms with Gasteiger partial charge in [-0.2, -0.15) is 0 Å². The van der Waals surface area contributed by atoms with E-state index in [4.69, 9.17) is 20.4 Å². The highest BCUT2D eigenvalue weighted by atomic mass is 35.5. The van der Waals surface area contributed by atoms with Gasteiger partial charge in [0.1, 0.15) is 16.9 Å². The van der Waals surface area contributed by atoms with Gasteiger partial charge in [0, 0.05) is 21.9 Å². The molecule has 3 heterocycles. The van der Waals surface area contributed by atoms with Crippen molar-refractivity contribution in [3.63, 3.8) is 0 Å². The van der Waals surface area contributed by atoms with Gasteiger partial charge >= 0.3 is 11.7 Å². The molecule has 156 valence electrons. The minimum absolute atomic E-state index is 0.109. The number of nitrogens with zero attached hydrogens (tertiary/aromatic N) is 1. The molecule has 3 amide bonds. The topological polar surface area (TPSA) is 92.8 Å². The number of carbonyl (C=O) groups is 2. The molecule has 4 aromatic rings. The van der Waals surface area contributed by atoms with Crippen molar-refractivity contribution >= 4 is 45.5 Å². The Kier molecular flexibility index (Phi) is 4.20. The second-order valence-corrected chi connectivity index (χ2v) is 8.19. The van der Waals surface area contributed by atoms with Crippen molar-refractivity contribution < 1.29 is 18.4 Å². The molecule has 0 saturated carbocycles. The minimum atomic E-state index is -1.36. The molecule has 1 aliphatic heterocycles. The molecule has 1 unspecified atom stereocenters. The van der Waals surface area contributed by atoms with Crippen LogP contribution in [-0.2, 0) is 16.9 Å². The van der Waals surface area contributed by atoms with E-state index in [1.807, 2.05) is 18.2 Å². The van der Waals surface area contributed by atoms with Crippen LogP contribution in [0.4, 0.5) is 4.79 Å². The van der Waals surface area contributed by atoms with Gasteiger partial charge in [-0.15, -0.1) is 0 Å². The lowest BCUT2D eigenvalue weighted by atomic mass is 9.98. The SMILES string of the molecule is Cc1cc2oc(=O)cc(CN3C(=O)NC(C)(c4cc5ccccc5o4)C3=O)c2cc1Cl. The van der Waals surface area contributed by atoms with E-state index in [2.05, 4.69) is 5.32 Å². The van der Waals surface area contributed by atoms with Crippen molar-refractivity contribution in [2.24, 2.45) is 0 Å². The van der Waals surface area contributed by atoms with Gasteiger partial charge in [-0.25, -0.2) is 9.59 Å². The molecule has 0 bridgehead atoms. The lowest BCUT2D eigenvalue weighted by molar-refractivity contribution is -0.132. The van der Waals surface area contributed by atoms with Gasteiger partial charge in [-0.1, -0.05) is 29.8 Å². The first-order valence-corrected chi connectivity index (χ1v) is 10.00. The van der Waals surface area contributed by atoms with Crippen LogP contribution in [-0.4, -0.2) is 16.8 Å². The van der Waals surface area contributed by atoms with Gasteiger partial charge in [0.15, 0.2) is 5.54 Å². The number of halogens is 1. The maximum absolute atomic E-state index is 13.3. The standard InChI is InChI=1S/C23H17ClN2O5/c1-12-7-18-15(10-16(12)24)14(9-20(27)31-18)11-26-21(28)23(2,25-22(26)29)19-8-13-5-3-4-6-17(13)30-19/h3-10H,11H2,1-2H3,(H,25,29). The number of furan rings is 1. The summed E-state index contributed by atoms with van der Waals surface area (Å²) in [5, 5.41) is 4.61. The molecule has 1 atom stereocenters. The molecule has 1 saturated heterocycles. The van der Waals surface area contributed by atoms with Crippen LogP contribution in [0.25, 0.3) is 21.9 Å². The van der Waals surface area contributed by atoms with E-state index in [-0.39, 0.29) is 6.54 Å². The Balaban J connectivity index is 1.55. The Hall–Kier alpha value is -3.58. The first-order valence-electron chi connectivity index (χ1n) is 9.62. The largest absolute Gasteiger partial charge is 0.458 e. The molecule has 0 spiro atoms. The fraction of sp³-hybridized carbons (Fsp3) is 0.174. The van der Waals surface area contributed by atoms with Crippen molar-refractivity contribution in [3.05, 3.63) is 80.9 Å². The Morgan fingerprint density at radius 1 is 1.03 bits per heavy atom. The van der Waals surface area contributed by atoms with Crippen molar-refractivity contribution in [2.45, 2.75) is 25.9 Å². The van der Waals surface area contributed by atoms with Gasteiger partial charge in [0.2, 0.25) is 0 Å². The van der Waals surface area contributed by atoms with Crippen LogP contribution in [0.2, 0.25) is 5.02 Å². The van der Waals surface area contributed by atoms with Crippen LogP contribution >= 0.6 is 11.6 Å².